The van der Waals surface area contributed by atoms with E-state index in [2.05, 4.69) is 9.97 Å². The third kappa shape index (κ3) is 2.94. The smallest absolute Gasteiger partial charge is 0.382 e. The molecule has 1 aromatic heterocycles. The average Bonchev–Trinajstić information content (AvgIpc) is 2.48. The van der Waals surface area contributed by atoms with Crippen LogP contribution in [0, 0.1) is 0 Å². The summed E-state index contributed by atoms with van der Waals surface area (Å²) in [5.41, 5.74) is 6.03. The summed E-state index contributed by atoms with van der Waals surface area (Å²) in [5, 5.41) is 0. The molecule has 0 fully saturated rings. The molecule has 104 valence electrons. The third-order valence-corrected chi connectivity index (χ3v) is 2.40. The number of hydrogen-bond acceptors (Lipinski definition) is 7. The van der Waals surface area contributed by atoms with E-state index in [1.54, 1.807) is 24.3 Å². The van der Waals surface area contributed by atoms with Gasteiger partial charge in [0, 0.05) is 0 Å². The molecule has 1 heterocycles. The van der Waals surface area contributed by atoms with Crippen molar-refractivity contribution in [3.63, 3.8) is 0 Å². The topological polar surface area (TPSA) is 96.6 Å². The quantitative estimate of drug-likeness (QED) is 0.510. The molecule has 1 aromatic carbocycles. The van der Waals surface area contributed by atoms with Gasteiger partial charge in [-0.2, -0.15) is 9.97 Å². The largest absolute Gasteiger partial charge is 0.481 e. The summed E-state index contributed by atoms with van der Waals surface area (Å²) in [6, 6.07) is 8.08. The number of aromatic nitrogens is 2. The number of nitrogens with zero attached hydrogens (tertiary/aromatic N) is 2. The van der Waals surface area contributed by atoms with Gasteiger partial charge in [0.1, 0.15) is 0 Å². The summed E-state index contributed by atoms with van der Waals surface area (Å²) in [5.74, 6) is -0.290. The third-order valence-electron chi connectivity index (χ3n) is 2.40. The number of rotatable bonds is 4. The Hall–Kier alpha value is -2.83. The molecule has 0 unspecified atom stereocenters. The second kappa shape index (κ2) is 5.87. The van der Waals surface area contributed by atoms with E-state index in [1.807, 2.05) is 0 Å². The maximum Gasteiger partial charge on any atom is 0.382 e. The van der Waals surface area contributed by atoms with Crippen molar-refractivity contribution in [1.29, 1.82) is 0 Å². The summed E-state index contributed by atoms with van der Waals surface area (Å²) < 4.78 is 15.0. The van der Waals surface area contributed by atoms with E-state index in [0.29, 0.717) is 5.69 Å². The fourth-order valence-corrected chi connectivity index (χ4v) is 1.42. The number of methoxy groups -OCH3 is 2. The van der Waals surface area contributed by atoms with Crippen LogP contribution in [0.4, 0.5) is 5.69 Å². The van der Waals surface area contributed by atoms with E-state index < -0.39 is 5.97 Å². The predicted molar refractivity (Wildman–Crippen MR) is 70.9 cm³/mol. The van der Waals surface area contributed by atoms with E-state index in [-0.39, 0.29) is 23.3 Å². The van der Waals surface area contributed by atoms with Crippen molar-refractivity contribution in [2.75, 3.05) is 20.0 Å². The monoisotopic (exact) mass is 275 g/mol. The van der Waals surface area contributed by atoms with Gasteiger partial charge in [0.15, 0.2) is 5.75 Å². The first-order chi connectivity index (χ1) is 9.63. The molecule has 0 aliphatic rings. The molecule has 7 nitrogen and oxygen atoms in total. The zero-order chi connectivity index (χ0) is 14.5. The maximum atomic E-state index is 12.0. The first kappa shape index (κ1) is 13.6. The van der Waals surface area contributed by atoms with E-state index in [0.717, 1.165) is 0 Å². The second-order valence-corrected chi connectivity index (χ2v) is 3.70. The summed E-state index contributed by atoms with van der Waals surface area (Å²) in [6.07, 6.45) is 0. The van der Waals surface area contributed by atoms with Crippen LogP contribution in [0.15, 0.2) is 30.3 Å². The molecule has 0 saturated carbocycles. The highest BCUT2D eigenvalue weighted by Crippen LogP contribution is 2.21. The minimum absolute atomic E-state index is 0.176. The molecule has 0 atom stereocenters. The molecular weight excluding hydrogens is 262 g/mol. The zero-order valence-corrected chi connectivity index (χ0v) is 11.0. The van der Waals surface area contributed by atoms with Gasteiger partial charge in [-0.15, -0.1) is 0 Å². The van der Waals surface area contributed by atoms with Crippen molar-refractivity contribution in [1.82, 2.24) is 9.97 Å². The molecule has 2 N–H and O–H groups in total. The molecule has 0 aliphatic carbocycles. The number of nitrogens with two attached hydrogens (primary N) is 1. The lowest BCUT2D eigenvalue weighted by molar-refractivity contribution is 0.0720. The van der Waals surface area contributed by atoms with Crippen LogP contribution in [0.5, 0.6) is 17.5 Å². The lowest BCUT2D eigenvalue weighted by atomic mass is 10.3. The highest BCUT2D eigenvalue weighted by molar-refractivity contribution is 5.88. The van der Waals surface area contributed by atoms with Crippen LogP contribution in [-0.2, 0) is 0 Å². The van der Waals surface area contributed by atoms with Crippen molar-refractivity contribution in [2.24, 2.45) is 0 Å². The average molecular weight is 275 g/mol. The number of nitrogen functional groups attached to an aromatic ring is 1. The van der Waals surface area contributed by atoms with Crippen LogP contribution in [0.1, 0.15) is 10.6 Å². The first-order valence-electron chi connectivity index (χ1n) is 5.67. The van der Waals surface area contributed by atoms with Crippen molar-refractivity contribution in [3.8, 4) is 17.5 Å². The number of benzene rings is 1. The number of carbonyl (C=O) groups is 1. The van der Waals surface area contributed by atoms with Crippen LogP contribution < -0.4 is 19.9 Å². The molecule has 0 radical (unpaired) electrons. The molecule has 0 bridgehead atoms. The molecular formula is C13H13N3O4. The minimum Gasteiger partial charge on any atom is -0.481 e. The number of anilines is 1. The minimum atomic E-state index is -0.750. The Balaban J connectivity index is 2.27. The summed E-state index contributed by atoms with van der Waals surface area (Å²) in [6.45, 7) is 0. The number of esters is 1. The molecule has 0 aliphatic heterocycles. The van der Waals surface area contributed by atoms with Crippen LogP contribution in [0.3, 0.4) is 0 Å². The van der Waals surface area contributed by atoms with Gasteiger partial charge in [-0.05, 0) is 12.1 Å². The van der Waals surface area contributed by atoms with Crippen LogP contribution in [-0.4, -0.2) is 30.2 Å². The Morgan fingerprint density at radius 3 is 2.25 bits per heavy atom. The fourth-order valence-electron chi connectivity index (χ4n) is 1.42. The Morgan fingerprint density at radius 2 is 1.70 bits per heavy atom. The SMILES string of the molecule is COc1cc(OC)nc(C(=O)Oc2ccccc2N)n1. The van der Waals surface area contributed by atoms with Crippen LogP contribution in [0.2, 0.25) is 0 Å². The number of carbonyl (C=O) groups excluding carboxylic acids is 1. The standard InChI is InChI=1S/C13H13N3O4/c1-18-10-7-11(19-2)16-12(15-10)13(17)20-9-6-4-3-5-8(9)14/h3-7H,14H2,1-2H3. The maximum absolute atomic E-state index is 12.0. The van der Waals surface area contributed by atoms with Crippen molar-refractivity contribution < 1.29 is 19.0 Å². The summed E-state index contributed by atoms with van der Waals surface area (Å²) in [4.78, 5) is 19.8. The van der Waals surface area contributed by atoms with Crippen molar-refractivity contribution >= 4 is 11.7 Å². The Kier molecular flexibility index (Phi) is 3.99. The van der Waals surface area contributed by atoms with E-state index in [1.165, 1.54) is 20.3 Å². The van der Waals surface area contributed by atoms with Gasteiger partial charge in [0.25, 0.3) is 0 Å². The Bertz CT molecular complexity index is 609. The normalized spacial score (nSPS) is 9.90. The van der Waals surface area contributed by atoms with Crippen molar-refractivity contribution in [3.05, 3.63) is 36.2 Å². The molecule has 0 spiro atoms. The van der Waals surface area contributed by atoms with Crippen LogP contribution in [0.25, 0.3) is 0 Å². The molecule has 2 aromatic rings. The molecule has 2 rings (SSSR count). The van der Waals surface area contributed by atoms with E-state index in [9.17, 15) is 4.79 Å². The van der Waals surface area contributed by atoms with E-state index >= 15 is 0 Å². The van der Waals surface area contributed by atoms with Gasteiger partial charge in [0.05, 0.1) is 26.0 Å². The van der Waals surface area contributed by atoms with Gasteiger partial charge in [0.2, 0.25) is 17.6 Å². The van der Waals surface area contributed by atoms with Gasteiger partial charge in [-0.25, -0.2) is 4.79 Å². The Labute approximate surface area is 115 Å². The lowest BCUT2D eigenvalue weighted by Gasteiger charge is -2.07. The number of hydrogen-bond donors (Lipinski definition) is 1. The van der Waals surface area contributed by atoms with Gasteiger partial charge >= 0.3 is 5.97 Å². The van der Waals surface area contributed by atoms with Gasteiger partial charge in [-0.1, -0.05) is 12.1 Å². The Morgan fingerprint density at radius 1 is 1.10 bits per heavy atom. The predicted octanol–water partition coefficient (Wildman–Crippen LogP) is 1.30. The highest BCUT2D eigenvalue weighted by atomic mass is 16.5. The molecule has 20 heavy (non-hydrogen) atoms. The first-order valence-corrected chi connectivity index (χ1v) is 5.67. The number of para-hydroxylation sites is 2. The lowest BCUT2D eigenvalue weighted by Crippen LogP contribution is -2.14. The number of ether oxygens (including phenoxy) is 3. The molecule has 0 saturated heterocycles. The molecule has 0 amide bonds. The zero-order valence-electron chi connectivity index (χ0n) is 11.0. The summed E-state index contributed by atoms with van der Waals surface area (Å²) >= 11 is 0. The summed E-state index contributed by atoms with van der Waals surface area (Å²) in [7, 11) is 2.85. The highest BCUT2D eigenvalue weighted by Gasteiger charge is 2.16. The molecule has 7 heteroatoms. The van der Waals surface area contributed by atoms with Gasteiger partial charge < -0.3 is 19.9 Å². The van der Waals surface area contributed by atoms with E-state index in [4.69, 9.17) is 19.9 Å². The van der Waals surface area contributed by atoms with Crippen LogP contribution >= 0.6 is 0 Å². The van der Waals surface area contributed by atoms with Crippen molar-refractivity contribution in [2.45, 2.75) is 0 Å². The second-order valence-electron chi connectivity index (χ2n) is 3.70. The fraction of sp³-hybridized carbons (Fsp3) is 0.154. The van der Waals surface area contributed by atoms with Gasteiger partial charge in [-0.3, -0.25) is 0 Å².